The first-order chi connectivity index (χ1) is 37.9. The molecule has 0 atom stereocenters. The summed E-state index contributed by atoms with van der Waals surface area (Å²) in [5, 5.41) is 4.58. The molecule has 0 saturated heterocycles. The Balaban J connectivity index is 0.000000364. The number of rotatable bonds is 11. The lowest BCUT2D eigenvalue weighted by Gasteiger charge is -2.14. The summed E-state index contributed by atoms with van der Waals surface area (Å²) in [6, 6.07) is 12.8. The molecule has 3 aromatic carbocycles. The standard InChI is InChI=1S/C16H13F3N4O.C15H10F3N5.C9H8F3N3.C6H6N2O2.C2HF3O.CH2Cl2/c1-10-13(7-21-9-23-10)15(24)5-11-3-4-12(20-2)6-14(11)22-8-16(17,18)19;1-9-11(6-20-8-21-9)14-22-12-4-3-10(19-2)5-13(12)23(14)7-15(16,17)18;1-14-6-2-3-7(13)8(4-6)15-5-9(10,11)12;1-5-6(10-4-9)2-7-3-8-5;3-2(4,5)1-6;2-1-3/h3-4,6-7,9,22H,5,8H2,1H3;3-6,8H,7H2,1H3;2-4,15H,5,13H2;2-4H,1H3;1H;1H2. The van der Waals surface area contributed by atoms with Crippen LogP contribution in [0.2, 0.25) is 0 Å². The van der Waals surface area contributed by atoms with E-state index in [1.165, 1.54) is 92.2 Å². The molecule has 0 aliphatic carbocycles. The number of aryl methyl sites for hydroxylation is 3. The van der Waals surface area contributed by atoms with Gasteiger partial charge in [0.2, 0.25) is 6.29 Å². The summed E-state index contributed by atoms with van der Waals surface area (Å²) in [6.45, 7) is 22.5. The van der Waals surface area contributed by atoms with E-state index in [-0.39, 0.29) is 63.0 Å². The fraction of sp³-hybridized carbons (Fsp3) is 0.245. The van der Waals surface area contributed by atoms with Crippen LogP contribution in [-0.4, -0.2) is 101 Å². The Labute approximate surface area is 461 Å². The summed E-state index contributed by atoms with van der Waals surface area (Å²) < 4.78 is 149. The minimum atomic E-state index is -4.64. The van der Waals surface area contributed by atoms with Crippen LogP contribution in [-0.2, 0) is 22.6 Å². The van der Waals surface area contributed by atoms with Gasteiger partial charge in [-0.05, 0) is 56.7 Å². The number of ketones is 1. The molecular formula is C49H40Cl2F12N14O4. The Bertz CT molecular complexity index is 3340. The summed E-state index contributed by atoms with van der Waals surface area (Å²) in [5.74, 6) is 0.230. The van der Waals surface area contributed by atoms with Crippen molar-refractivity contribution in [3.05, 3.63) is 155 Å². The van der Waals surface area contributed by atoms with Crippen molar-refractivity contribution in [2.45, 2.75) is 58.4 Å². The van der Waals surface area contributed by atoms with Crippen molar-refractivity contribution in [3.63, 3.8) is 0 Å². The van der Waals surface area contributed by atoms with E-state index in [0.717, 1.165) is 4.57 Å². The third-order valence-electron chi connectivity index (χ3n) is 9.44. The number of hydrogen-bond acceptors (Lipinski definition) is 14. The van der Waals surface area contributed by atoms with Crippen LogP contribution in [0.3, 0.4) is 0 Å². The van der Waals surface area contributed by atoms with Gasteiger partial charge in [-0.3, -0.25) is 14.4 Å². The van der Waals surface area contributed by atoms with Gasteiger partial charge < -0.3 is 25.7 Å². The molecule has 0 amide bonds. The largest absolute Gasteiger partial charge is 0.446 e. The maximum Gasteiger partial charge on any atom is 0.446 e. The van der Waals surface area contributed by atoms with Gasteiger partial charge in [-0.1, -0.05) is 24.3 Å². The predicted octanol–water partition coefficient (Wildman–Crippen LogP) is 12.9. The van der Waals surface area contributed by atoms with Crippen molar-refractivity contribution in [1.82, 2.24) is 39.5 Å². The Morgan fingerprint density at radius 3 is 1.65 bits per heavy atom. The second-order valence-corrected chi connectivity index (χ2v) is 16.1. The van der Waals surface area contributed by atoms with E-state index in [4.69, 9.17) is 53.4 Å². The number of benzene rings is 3. The molecule has 0 saturated carbocycles. The molecule has 0 aliphatic rings. The highest BCUT2D eigenvalue weighted by molar-refractivity contribution is 6.40. The number of aldehydes is 1. The maximum absolute atomic E-state index is 13.0. The molecule has 0 bridgehead atoms. The Kier molecular flexibility index (Phi) is 26.8. The van der Waals surface area contributed by atoms with Gasteiger partial charge in [0.05, 0.1) is 76.2 Å². The highest BCUT2D eigenvalue weighted by atomic mass is 35.5. The van der Waals surface area contributed by atoms with Crippen molar-refractivity contribution in [1.29, 1.82) is 0 Å². The number of ether oxygens (including phenoxy) is 1. The fourth-order valence-electron chi connectivity index (χ4n) is 5.92. The number of alkyl halides is 14. The molecule has 18 nitrogen and oxygen atoms in total. The van der Waals surface area contributed by atoms with Crippen LogP contribution in [0.25, 0.3) is 37.0 Å². The topological polar surface area (TPSA) is 219 Å². The highest BCUT2D eigenvalue weighted by Crippen LogP contribution is 2.32. The summed E-state index contributed by atoms with van der Waals surface area (Å²) in [6.07, 6.45) is -10.7. The number of aromatic nitrogens is 8. The smallest absolute Gasteiger partial charge is 0.425 e. The molecule has 428 valence electrons. The van der Waals surface area contributed by atoms with Gasteiger partial charge in [-0.15, -0.1) is 23.2 Å². The molecule has 4 N–H and O–H groups in total. The van der Waals surface area contributed by atoms with Crippen molar-refractivity contribution in [2.24, 2.45) is 0 Å². The van der Waals surface area contributed by atoms with Gasteiger partial charge in [-0.2, -0.15) is 52.7 Å². The first-order valence-electron chi connectivity index (χ1n) is 21.8. The van der Waals surface area contributed by atoms with Gasteiger partial charge in [0.25, 0.3) is 6.47 Å². The number of fused-ring (bicyclic) bond motifs is 1. The van der Waals surface area contributed by atoms with Gasteiger partial charge in [-0.25, -0.2) is 49.4 Å². The number of nitrogens with one attached hydrogen (secondary N) is 2. The zero-order valence-electron chi connectivity index (χ0n) is 41.8. The minimum Gasteiger partial charge on any atom is -0.425 e. The molecule has 4 aromatic heterocycles. The van der Waals surface area contributed by atoms with Crippen LogP contribution < -0.4 is 21.1 Å². The van der Waals surface area contributed by atoms with Crippen LogP contribution in [0.15, 0.2) is 92.2 Å². The van der Waals surface area contributed by atoms with Gasteiger partial charge in [0.1, 0.15) is 44.4 Å². The molecule has 81 heavy (non-hydrogen) atoms. The van der Waals surface area contributed by atoms with E-state index in [1.54, 1.807) is 20.8 Å². The number of hydrogen-bond donors (Lipinski definition) is 3. The average molecular weight is 1190 g/mol. The molecule has 0 radical (unpaired) electrons. The molecule has 0 spiro atoms. The van der Waals surface area contributed by atoms with Crippen LogP contribution in [0.5, 0.6) is 5.75 Å². The second kappa shape index (κ2) is 32.0. The second-order valence-electron chi connectivity index (χ2n) is 15.3. The molecular weight excluding hydrogens is 1150 g/mol. The molecule has 7 aromatic rings. The number of halogens is 14. The minimum absolute atomic E-state index is 0.115. The molecule has 0 unspecified atom stereocenters. The Morgan fingerprint density at radius 1 is 0.679 bits per heavy atom. The number of nitrogens with two attached hydrogens (primary N) is 1. The number of carbonyl (C=O) groups excluding carboxylic acids is 3. The number of anilines is 3. The Hall–Kier alpha value is -9.21. The maximum atomic E-state index is 13.0. The summed E-state index contributed by atoms with van der Waals surface area (Å²) in [4.78, 5) is 67.8. The normalized spacial score (nSPS) is 10.7. The molecule has 7 rings (SSSR count). The Morgan fingerprint density at radius 2 is 1.16 bits per heavy atom. The van der Waals surface area contributed by atoms with Gasteiger partial charge >= 0.3 is 24.7 Å². The molecule has 4 heterocycles. The monoisotopic (exact) mass is 1190 g/mol. The molecule has 32 heteroatoms. The fourth-order valence-corrected chi connectivity index (χ4v) is 5.92. The number of nitrogen functional groups attached to an aromatic ring is 1. The van der Waals surface area contributed by atoms with Crippen molar-refractivity contribution >= 4 is 86.9 Å². The SMILES string of the molecule is Cc1ncncc1OC=O.ClCCl.O=CC(F)(F)F.[C-]#[N+]c1ccc(CC(=O)c2cncnc2C)c(NCC(F)(F)F)c1.[C-]#[N+]c1ccc(N)c(NCC(F)(F)F)c1.[C-]#[N+]c1ccc2nc(-c3cncnc3C)n(CC(F)(F)F)c2c1. The lowest BCUT2D eigenvalue weighted by Crippen LogP contribution is -2.22. The average Bonchev–Trinajstić information content (AvgIpc) is 3.80. The molecule has 0 fully saturated rings. The third-order valence-corrected chi connectivity index (χ3v) is 9.44. The summed E-state index contributed by atoms with van der Waals surface area (Å²) in [7, 11) is 0. The van der Waals surface area contributed by atoms with Crippen LogP contribution in [0.1, 0.15) is 33.0 Å². The van der Waals surface area contributed by atoms with E-state index in [2.05, 4.69) is 64.8 Å². The molecule has 0 aliphatic heterocycles. The van der Waals surface area contributed by atoms with Crippen molar-refractivity contribution < 1.29 is 71.8 Å². The van der Waals surface area contributed by atoms with Crippen molar-refractivity contribution in [2.75, 3.05) is 34.8 Å². The number of Topliss-reactive ketones (excluding diaryl/α,β-unsaturated/α-hetero) is 1. The van der Waals surface area contributed by atoms with Crippen LogP contribution >= 0.6 is 23.2 Å². The first kappa shape index (κ1) is 67.9. The van der Waals surface area contributed by atoms with Crippen LogP contribution in [0, 0.1) is 40.5 Å². The van der Waals surface area contributed by atoms with E-state index in [0.29, 0.717) is 51.5 Å². The lowest BCUT2D eigenvalue weighted by molar-refractivity contribution is -0.156. The highest BCUT2D eigenvalue weighted by Gasteiger charge is 2.32. The quantitative estimate of drug-likeness (QED) is 0.0274. The van der Waals surface area contributed by atoms with Gasteiger partial charge in [0.15, 0.2) is 28.6 Å². The van der Waals surface area contributed by atoms with Crippen LogP contribution in [0.4, 0.5) is 86.8 Å². The van der Waals surface area contributed by atoms with E-state index in [1.807, 2.05) is 0 Å². The van der Waals surface area contributed by atoms with E-state index >= 15 is 0 Å². The number of nitrogens with zero attached hydrogens (tertiary/aromatic N) is 11. The van der Waals surface area contributed by atoms with Gasteiger partial charge in [0, 0.05) is 30.2 Å². The number of carbonyl (C=O) groups is 3. The lowest BCUT2D eigenvalue weighted by atomic mass is 10.0. The van der Waals surface area contributed by atoms with E-state index < -0.39 is 50.6 Å². The zero-order valence-corrected chi connectivity index (χ0v) is 43.3. The zero-order chi connectivity index (χ0) is 61.1. The number of imidazole rings is 1. The summed E-state index contributed by atoms with van der Waals surface area (Å²) in [5.41, 5.74) is 10.0. The first-order valence-corrected chi connectivity index (χ1v) is 22.9. The van der Waals surface area contributed by atoms with Crippen molar-refractivity contribution in [3.8, 4) is 17.1 Å². The summed E-state index contributed by atoms with van der Waals surface area (Å²) >= 11 is 9.53. The van der Waals surface area contributed by atoms with E-state index in [9.17, 15) is 62.3 Å². The predicted molar refractivity (Wildman–Crippen MR) is 274 cm³/mol. The third kappa shape index (κ3) is 25.0.